The molecule has 23 heavy (non-hydrogen) atoms. The van der Waals surface area contributed by atoms with Gasteiger partial charge in [0.05, 0.1) is 17.7 Å². The lowest BCUT2D eigenvalue weighted by molar-refractivity contribution is 0.269. The van der Waals surface area contributed by atoms with Crippen LogP contribution in [0.4, 0.5) is 0 Å². The average molecular weight is 333 g/mol. The predicted molar refractivity (Wildman–Crippen MR) is 86.3 cm³/mol. The van der Waals surface area contributed by atoms with Crippen LogP contribution >= 0.6 is 11.6 Å². The van der Waals surface area contributed by atoms with Crippen LogP contribution in [0.1, 0.15) is 50.1 Å². The molecule has 1 aliphatic rings. The number of nitrogens with zero attached hydrogens (tertiary/aromatic N) is 4. The van der Waals surface area contributed by atoms with Crippen molar-refractivity contribution in [3.8, 4) is 11.3 Å². The molecule has 7 heteroatoms. The lowest BCUT2D eigenvalue weighted by Crippen LogP contribution is -2.06. The van der Waals surface area contributed by atoms with Crippen LogP contribution in [-0.4, -0.2) is 24.8 Å². The number of fused-ring (bicyclic) bond motifs is 1. The van der Waals surface area contributed by atoms with Gasteiger partial charge in [-0.25, -0.2) is 9.97 Å². The molecule has 0 aliphatic heterocycles. The molecule has 4 rings (SSSR count). The Kier molecular flexibility index (Phi) is 3.39. The molecule has 0 atom stereocenters. The quantitative estimate of drug-likeness (QED) is 0.737. The van der Waals surface area contributed by atoms with Crippen LogP contribution in [0, 0.1) is 0 Å². The third-order valence-electron chi connectivity index (χ3n) is 4.27. The van der Waals surface area contributed by atoms with Gasteiger partial charge in [-0.05, 0) is 26.7 Å². The van der Waals surface area contributed by atoms with E-state index in [4.69, 9.17) is 16.1 Å². The van der Waals surface area contributed by atoms with E-state index in [2.05, 4.69) is 15.1 Å². The molecular formula is C16H17ClN4O2. The number of halogens is 1. The van der Waals surface area contributed by atoms with Crippen molar-refractivity contribution >= 4 is 22.6 Å². The highest BCUT2D eigenvalue weighted by molar-refractivity contribution is 6.35. The molecule has 3 aromatic rings. The Balaban J connectivity index is 2.03. The van der Waals surface area contributed by atoms with Crippen LogP contribution in [0.15, 0.2) is 16.9 Å². The minimum Gasteiger partial charge on any atom is -0.390 e. The molecule has 0 radical (unpaired) electrons. The SMILES string of the molecule is CC(C)n1c(CO)c(-c2cc(C3CC3)on2)c2c(Cl)ncnc21. The summed E-state index contributed by atoms with van der Waals surface area (Å²) in [4.78, 5) is 8.47. The van der Waals surface area contributed by atoms with Crippen molar-refractivity contribution in [1.29, 1.82) is 0 Å². The highest BCUT2D eigenvalue weighted by Crippen LogP contribution is 2.43. The summed E-state index contributed by atoms with van der Waals surface area (Å²) in [5.41, 5.74) is 2.87. The maximum atomic E-state index is 9.96. The fraction of sp³-hybridized carbons (Fsp3) is 0.438. The number of rotatable bonds is 4. The van der Waals surface area contributed by atoms with Gasteiger partial charge in [0, 0.05) is 23.6 Å². The molecular weight excluding hydrogens is 316 g/mol. The van der Waals surface area contributed by atoms with E-state index >= 15 is 0 Å². The molecule has 0 spiro atoms. The van der Waals surface area contributed by atoms with Crippen molar-refractivity contribution in [3.05, 3.63) is 29.0 Å². The van der Waals surface area contributed by atoms with E-state index in [1.807, 2.05) is 24.5 Å². The Labute approximate surface area is 138 Å². The average Bonchev–Trinajstić information content (AvgIpc) is 3.15. The summed E-state index contributed by atoms with van der Waals surface area (Å²) in [6.07, 6.45) is 3.71. The van der Waals surface area contributed by atoms with E-state index in [1.165, 1.54) is 6.33 Å². The van der Waals surface area contributed by atoms with Gasteiger partial charge in [-0.2, -0.15) is 0 Å². The summed E-state index contributed by atoms with van der Waals surface area (Å²) in [6, 6.07) is 2.06. The number of aromatic nitrogens is 4. The molecule has 1 aliphatic carbocycles. The molecule has 120 valence electrons. The highest BCUT2D eigenvalue weighted by atomic mass is 35.5. The molecule has 1 N–H and O–H groups in total. The molecule has 1 fully saturated rings. The van der Waals surface area contributed by atoms with Crippen molar-refractivity contribution in [1.82, 2.24) is 19.7 Å². The van der Waals surface area contributed by atoms with Crippen LogP contribution in [0.3, 0.4) is 0 Å². The fourth-order valence-corrected chi connectivity index (χ4v) is 3.32. The van der Waals surface area contributed by atoms with E-state index in [1.54, 1.807) is 0 Å². The lowest BCUT2D eigenvalue weighted by Gasteiger charge is -2.12. The molecule has 0 aromatic carbocycles. The standard InChI is InChI=1S/C16H17ClN4O2/c1-8(2)21-11(6-22)13(14-15(17)18-7-19-16(14)21)10-5-12(23-20-10)9-3-4-9/h5,7-9,22H,3-4,6H2,1-2H3. The summed E-state index contributed by atoms with van der Waals surface area (Å²) in [5.74, 6) is 1.36. The van der Waals surface area contributed by atoms with Crippen molar-refractivity contribution in [3.63, 3.8) is 0 Å². The zero-order valence-electron chi connectivity index (χ0n) is 13.0. The fourth-order valence-electron chi connectivity index (χ4n) is 3.10. The van der Waals surface area contributed by atoms with Gasteiger partial charge in [0.25, 0.3) is 0 Å². The molecule has 0 bridgehead atoms. The Morgan fingerprint density at radius 3 is 2.83 bits per heavy atom. The first-order valence-electron chi connectivity index (χ1n) is 7.73. The summed E-state index contributed by atoms with van der Waals surface area (Å²) >= 11 is 6.34. The van der Waals surface area contributed by atoms with Crippen molar-refractivity contribution in [2.75, 3.05) is 0 Å². The monoisotopic (exact) mass is 332 g/mol. The third-order valence-corrected chi connectivity index (χ3v) is 4.56. The van der Waals surface area contributed by atoms with Crippen LogP contribution in [-0.2, 0) is 6.61 Å². The highest BCUT2D eigenvalue weighted by Gasteiger charge is 2.30. The smallest absolute Gasteiger partial charge is 0.146 e. The first kappa shape index (κ1) is 14.7. The zero-order valence-corrected chi connectivity index (χ0v) is 13.7. The number of hydrogen-bond donors (Lipinski definition) is 1. The second-order valence-corrected chi connectivity index (χ2v) is 6.55. The topological polar surface area (TPSA) is 77.0 Å². The summed E-state index contributed by atoms with van der Waals surface area (Å²) < 4.78 is 7.45. The lowest BCUT2D eigenvalue weighted by atomic mass is 10.1. The van der Waals surface area contributed by atoms with Gasteiger partial charge in [-0.15, -0.1) is 0 Å². The molecule has 3 aromatic heterocycles. The van der Waals surface area contributed by atoms with Gasteiger partial charge < -0.3 is 14.2 Å². The minimum atomic E-state index is -0.133. The van der Waals surface area contributed by atoms with Crippen LogP contribution in [0.25, 0.3) is 22.3 Å². The van der Waals surface area contributed by atoms with Gasteiger partial charge in [-0.3, -0.25) is 0 Å². The van der Waals surface area contributed by atoms with Crippen LogP contribution < -0.4 is 0 Å². The maximum Gasteiger partial charge on any atom is 0.146 e. The van der Waals surface area contributed by atoms with E-state index in [9.17, 15) is 5.11 Å². The van der Waals surface area contributed by atoms with Gasteiger partial charge in [-0.1, -0.05) is 16.8 Å². The Morgan fingerprint density at radius 2 is 2.17 bits per heavy atom. The minimum absolute atomic E-state index is 0.120. The van der Waals surface area contributed by atoms with E-state index < -0.39 is 0 Å². The predicted octanol–water partition coefficient (Wildman–Crippen LogP) is 3.69. The zero-order chi connectivity index (χ0) is 16.1. The largest absolute Gasteiger partial charge is 0.390 e. The van der Waals surface area contributed by atoms with Crippen molar-refractivity contribution < 1.29 is 9.63 Å². The van der Waals surface area contributed by atoms with Gasteiger partial charge in [0.2, 0.25) is 0 Å². The second kappa shape index (κ2) is 5.32. The molecule has 0 amide bonds. The van der Waals surface area contributed by atoms with Crippen molar-refractivity contribution in [2.24, 2.45) is 0 Å². The molecule has 3 heterocycles. The van der Waals surface area contributed by atoms with Crippen LogP contribution in [0.2, 0.25) is 5.15 Å². The first-order chi connectivity index (χ1) is 11.1. The molecule has 0 unspecified atom stereocenters. The first-order valence-corrected chi connectivity index (χ1v) is 8.10. The number of aliphatic hydroxyl groups excluding tert-OH is 1. The number of aliphatic hydroxyl groups is 1. The molecule has 0 saturated heterocycles. The Bertz CT molecular complexity index is 880. The molecule has 1 saturated carbocycles. The number of hydrogen-bond acceptors (Lipinski definition) is 5. The van der Waals surface area contributed by atoms with Crippen LogP contribution in [0.5, 0.6) is 0 Å². The van der Waals surface area contributed by atoms with Gasteiger partial charge >= 0.3 is 0 Å². The maximum absolute atomic E-state index is 9.96. The third kappa shape index (κ3) is 2.24. The summed E-state index contributed by atoms with van der Waals surface area (Å²) in [7, 11) is 0. The second-order valence-electron chi connectivity index (χ2n) is 6.20. The van der Waals surface area contributed by atoms with Gasteiger partial charge in [0.15, 0.2) is 0 Å². The van der Waals surface area contributed by atoms with E-state index in [-0.39, 0.29) is 12.6 Å². The molecule has 6 nitrogen and oxygen atoms in total. The normalized spacial score (nSPS) is 15.0. The summed E-state index contributed by atoms with van der Waals surface area (Å²) in [6.45, 7) is 3.94. The summed E-state index contributed by atoms with van der Waals surface area (Å²) in [5, 5.41) is 15.2. The van der Waals surface area contributed by atoms with Gasteiger partial charge in [0.1, 0.15) is 28.6 Å². The Morgan fingerprint density at radius 1 is 1.39 bits per heavy atom. The van der Waals surface area contributed by atoms with Crippen molar-refractivity contribution in [2.45, 2.75) is 45.3 Å². The van der Waals surface area contributed by atoms with E-state index in [0.29, 0.717) is 27.8 Å². The Hall–Kier alpha value is -1.92. The van der Waals surface area contributed by atoms with E-state index in [0.717, 1.165) is 29.9 Å².